The summed E-state index contributed by atoms with van der Waals surface area (Å²) in [5, 5.41) is 29.3. The monoisotopic (exact) mass is 419 g/mol. The zero-order valence-corrected chi connectivity index (χ0v) is 17.9. The maximum atomic E-state index is 12.7. The molecule has 0 aromatic heterocycles. The van der Waals surface area contributed by atoms with Crippen LogP contribution in [-0.4, -0.2) is 99.9 Å². The van der Waals surface area contributed by atoms with Gasteiger partial charge in [0.25, 0.3) is 5.91 Å². The van der Waals surface area contributed by atoms with Crippen molar-refractivity contribution in [2.75, 3.05) is 45.8 Å². The standard InChI is InChI=1S/C22H33N3O5/c1-15-11-17(12-16(2)21(15)29)13-19(26)22(30)25-9-7-24(8-10-25)18-3-5-23(6-4-18)14-20(27)28/h11-12,18-19,26,29H,3-10,13-14H2,1-2H3,(H,27,28)/t19-/m1/s1. The fraction of sp³-hybridized carbons (Fsp3) is 0.636. The Morgan fingerprint density at radius 2 is 1.60 bits per heavy atom. The molecular formula is C22H33N3O5. The van der Waals surface area contributed by atoms with E-state index in [0.717, 1.165) is 55.7 Å². The Hall–Kier alpha value is -2.16. The van der Waals surface area contributed by atoms with Crippen molar-refractivity contribution >= 4 is 11.9 Å². The molecule has 2 saturated heterocycles. The quantitative estimate of drug-likeness (QED) is 0.620. The third kappa shape index (κ3) is 5.50. The van der Waals surface area contributed by atoms with Gasteiger partial charge in [-0.1, -0.05) is 12.1 Å². The highest BCUT2D eigenvalue weighted by atomic mass is 16.4. The van der Waals surface area contributed by atoms with Crippen LogP contribution in [0.25, 0.3) is 0 Å². The van der Waals surface area contributed by atoms with Gasteiger partial charge in [-0.15, -0.1) is 0 Å². The summed E-state index contributed by atoms with van der Waals surface area (Å²) in [4.78, 5) is 29.7. The number of carbonyl (C=O) groups is 2. The zero-order valence-electron chi connectivity index (χ0n) is 17.9. The summed E-state index contributed by atoms with van der Waals surface area (Å²) in [6.07, 6.45) is 1.05. The number of phenols is 1. The van der Waals surface area contributed by atoms with E-state index in [0.29, 0.717) is 19.1 Å². The van der Waals surface area contributed by atoms with Crippen LogP contribution in [0.1, 0.15) is 29.5 Å². The third-order valence-electron chi connectivity index (χ3n) is 6.32. The largest absolute Gasteiger partial charge is 0.507 e. The second kappa shape index (κ2) is 9.76. The summed E-state index contributed by atoms with van der Waals surface area (Å²) in [5.74, 6) is -0.768. The van der Waals surface area contributed by atoms with E-state index in [1.165, 1.54) is 0 Å². The van der Waals surface area contributed by atoms with Crippen molar-refractivity contribution in [2.24, 2.45) is 0 Å². The number of benzene rings is 1. The van der Waals surface area contributed by atoms with E-state index in [4.69, 9.17) is 5.11 Å². The van der Waals surface area contributed by atoms with Crippen molar-refractivity contribution in [3.63, 3.8) is 0 Å². The molecule has 0 radical (unpaired) electrons. The number of piperazine rings is 1. The minimum atomic E-state index is -1.08. The van der Waals surface area contributed by atoms with Crippen molar-refractivity contribution in [1.29, 1.82) is 0 Å². The number of amides is 1. The first-order valence-corrected chi connectivity index (χ1v) is 10.7. The van der Waals surface area contributed by atoms with E-state index in [-0.39, 0.29) is 24.6 Å². The number of nitrogens with zero attached hydrogens (tertiary/aromatic N) is 3. The number of carboxylic acids is 1. The van der Waals surface area contributed by atoms with E-state index in [9.17, 15) is 19.8 Å². The summed E-state index contributed by atoms with van der Waals surface area (Å²) < 4.78 is 0. The number of phenolic OH excluding ortho intramolecular Hbond substituents is 1. The minimum Gasteiger partial charge on any atom is -0.507 e. The lowest BCUT2D eigenvalue weighted by molar-refractivity contribution is -0.142. The molecule has 30 heavy (non-hydrogen) atoms. The summed E-state index contributed by atoms with van der Waals surface area (Å²) in [7, 11) is 0. The Labute approximate surface area is 177 Å². The first kappa shape index (κ1) is 22.5. The zero-order chi connectivity index (χ0) is 21.8. The molecule has 166 valence electrons. The Balaban J connectivity index is 1.46. The number of rotatable bonds is 6. The number of aliphatic hydroxyl groups excluding tert-OH is 1. The molecule has 0 bridgehead atoms. The van der Waals surface area contributed by atoms with Gasteiger partial charge in [0.15, 0.2) is 0 Å². The van der Waals surface area contributed by atoms with Gasteiger partial charge in [0.2, 0.25) is 0 Å². The molecule has 8 heteroatoms. The van der Waals surface area contributed by atoms with Crippen LogP contribution in [0.2, 0.25) is 0 Å². The lowest BCUT2D eigenvalue weighted by atomic mass is 10.00. The molecule has 0 spiro atoms. The molecule has 1 aromatic carbocycles. The molecule has 1 atom stereocenters. The van der Waals surface area contributed by atoms with Gasteiger partial charge < -0.3 is 20.2 Å². The van der Waals surface area contributed by atoms with Crippen LogP contribution in [0.5, 0.6) is 5.75 Å². The third-order valence-corrected chi connectivity index (χ3v) is 6.32. The number of aromatic hydroxyl groups is 1. The topological polar surface area (TPSA) is 105 Å². The molecule has 1 aromatic rings. The molecular weight excluding hydrogens is 386 g/mol. The smallest absolute Gasteiger partial charge is 0.317 e. The van der Waals surface area contributed by atoms with E-state index in [2.05, 4.69) is 4.90 Å². The molecule has 2 aliphatic rings. The van der Waals surface area contributed by atoms with E-state index in [1.54, 1.807) is 4.90 Å². The molecule has 2 fully saturated rings. The first-order chi connectivity index (χ1) is 14.2. The Morgan fingerprint density at radius 1 is 1.03 bits per heavy atom. The molecule has 1 amide bonds. The molecule has 8 nitrogen and oxygen atoms in total. The van der Waals surface area contributed by atoms with E-state index in [1.807, 2.05) is 30.9 Å². The average Bonchev–Trinajstić information content (AvgIpc) is 2.71. The summed E-state index contributed by atoms with van der Waals surface area (Å²) in [5.41, 5.74) is 2.33. The van der Waals surface area contributed by atoms with Gasteiger partial charge in [0.05, 0.1) is 6.54 Å². The highest BCUT2D eigenvalue weighted by molar-refractivity contribution is 5.81. The Morgan fingerprint density at radius 3 is 2.13 bits per heavy atom. The van der Waals surface area contributed by atoms with Crippen molar-refractivity contribution in [1.82, 2.24) is 14.7 Å². The van der Waals surface area contributed by atoms with Crippen LogP contribution < -0.4 is 0 Å². The lowest BCUT2D eigenvalue weighted by Crippen LogP contribution is -2.56. The lowest BCUT2D eigenvalue weighted by Gasteiger charge is -2.42. The number of aliphatic hydroxyl groups is 1. The SMILES string of the molecule is Cc1cc(C[C@@H](O)C(=O)N2CCN(C3CCN(CC(=O)O)CC3)CC2)cc(C)c1O. The van der Waals surface area contributed by atoms with Gasteiger partial charge >= 0.3 is 5.97 Å². The minimum absolute atomic E-state index is 0.104. The van der Waals surface area contributed by atoms with Crippen molar-refractivity contribution in [3.05, 3.63) is 28.8 Å². The number of aryl methyl sites for hydroxylation is 2. The van der Waals surface area contributed by atoms with Gasteiger partial charge in [-0.05, 0) is 43.4 Å². The van der Waals surface area contributed by atoms with Gasteiger partial charge in [-0.25, -0.2) is 0 Å². The van der Waals surface area contributed by atoms with Crippen molar-refractivity contribution in [3.8, 4) is 5.75 Å². The predicted octanol–water partition coefficient (Wildman–Crippen LogP) is 0.606. The highest BCUT2D eigenvalue weighted by Crippen LogP contribution is 2.24. The van der Waals surface area contributed by atoms with Gasteiger partial charge in [-0.3, -0.25) is 19.4 Å². The second-order valence-electron chi connectivity index (χ2n) is 8.56. The van der Waals surface area contributed by atoms with Crippen LogP contribution in [0.3, 0.4) is 0 Å². The Bertz CT molecular complexity index is 745. The number of hydrogen-bond acceptors (Lipinski definition) is 6. The molecule has 2 heterocycles. The number of likely N-dealkylation sites (tertiary alicyclic amines) is 1. The normalized spacial score (nSPS) is 20.3. The molecule has 0 unspecified atom stereocenters. The van der Waals surface area contributed by atoms with Crippen molar-refractivity contribution in [2.45, 2.75) is 45.3 Å². The summed E-state index contributed by atoms with van der Waals surface area (Å²) in [6.45, 7) is 8.06. The van der Waals surface area contributed by atoms with Crippen LogP contribution in [0.4, 0.5) is 0 Å². The predicted molar refractivity (Wildman–Crippen MR) is 113 cm³/mol. The van der Waals surface area contributed by atoms with Crippen molar-refractivity contribution < 1.29 is 24.9 Å². The number of aliphatic carboxylic acids is 1. The van der Waals surface area contributed by atoms with Gasteiger partial charge in [0, 0.05) is 51.7 Å². The van der Waals surface area contributed by atoms with Gasteiger partial charge in [0.1, 0.15) is 11.9 Å². The number of hydrogen-bond donors (Lipinski definition) is 3. The number of carbonyl (C=O) groups excluding carboxylic acids is 1. The maximum absolute atomic E-state index is 12.7. The molecule has 3 N–H and O–H groups in total. The average molecular weight is 420 g/mol. The number of piperidine rings is 1. The number of carboxylic acid groups (broad SMARTS) is 1. The molecule has 0 saturated carbocycles. The fourth-order valence-corrected chi connectivity index (χ4v) is 4.63. The van der Waals surface area contributed by atoms with E-state index >= 15 is 0 Å². The maximum Gasteiger partial charge on any atom is 0.317 e. The summed E-state index contributed by atoms with van der Waals surface area (Å²) in [6, 6.07) is 4.06. The molecule has 3 rings (SSSR count). The summed E-state index contributed by atoms with van der Waals surface area (Å²) >= 11 is 0. The van der Waals surface area contributed by atoms with Crippen LogP contribution in [0.15, 0.2) is 12.1 Å². The molecule has 0 aliphatic carbocycles. The van der Waals surface area contributed by atoms with E-state index < -0.39 is 12.1 Å². The van der Waals surface area contributed by atoms with Crippen LogP contribution in [-0.2, 0) is 16.0 Å². The second-order valence-corrected chi connectivity index (χ2v) is 8.56. The van der Waals surface area contributed by atoms with Gasteiger partial charge in [-0.2, -0.15) is 0 Å². The van der Waals surface area contributed by atoms with Crippen LogP contribution in [0, 0.1) is 13.8 Å². The highest BCUT2D eigenvalue weighted by Gasteiger charge is 2.31. The van der Waals surface area contributed by atoms with Crippen LogP contribution >= 0.6 is 0 Å². The fourth-order valence-electron chi connectivity index (χ4n) is 4.63. The first-order valence-electron chi connectivity index (χ1n) is 10.7. The molecule has 2 aliphatic heterocycles. The Kier molecular flexibility index (Phi) is 7.33.